The second-order valence-electron chi connectivity index (χ2n) is 4.60. The van der Waals surface area contributed by atoms with E-state index < -0.39 is 6.09 Å². The van der Waals surface area contributed by atoms with E-state index in [1.54, 1.807) is 4.90 Å². The van der Waals surface area contributed by atoms with Crippen molar-refractivity contribution in [1.29, 1.82) is 0 Å². The molecule has 0 heterocycles. The molecule has 0 unspecified atom stereocenters. The normalized spacial score (nSPS) is 10.1. The molecule has 0 aliphatic carbocycles. The van der Waals surface area contributed by atoms with Crippen LogP contribution in [0.1, 0.15) is 12.0 Å². The Balaban J connectivity index is 2.01. The third-order valence-corrected chi connectivity index (χ3v) is 3.03. The van der Waals surface area contributed by atoms with Crippen molar-refractivity contribution in [3.63, 3.8) is 0 Å². The third-order valence-electron chi connectivity index (χ3n) is 3.03. The smallest absolute Gasteiger partial charge is 0.414 e. The largest absolute Gasteiger partial charge is 0.444 e. The Bertz CT molecular complexity index is 542. The molecule has 4 nitrogen and oxygen atoms in total. The van der Waals surface area contributed by atoms with Crippen LogP contribution in [-0.2, 0) is 11.3 Å². The first-order valence-corrected chi connectivity index (χ1v) is 6.95. The number of anilines is 1. The van der Waals surface area contributed by atoms with Gasteiger partial charge in [-0.2, -0.15) is 0 Å². The number of carbonyl (C=O) groups excluding carboxylic acids is 1. The van der Waals surface area contributed by atoms with Crippen LogP contribution in [0.3, 0.4) is 0 Å². The van der Waals surface area contributed by atoms with Crippen molar-refractivity contribution in [2.24, 2.45) is 0 Å². The van der Waals surface area contributed by atoms with E-state index in [1.165, 1.54) is 0 Å². The Labute approximate surface area is 124 Å². The Hall–Kier alpha value is -2.33. The van der Waals surface area contributed by atoms with Crippen molar-refractivity contribution in [3.8, 4) is 0 Å². The average molecular weight is 285 g/mol. The Morgan fingerprint density at radius 2 is 1.62 bits per heavy atom. The maximum atomic E-state index is 12.2. The summed E-state index contributed by atoms with van der Waals surface area (Å²) in [4.78, 5) is 13.8. The summed E-state index contributed by atoms with van der Waals surface area (Å²) in [6, 6.07) is 18.9. The van der Waals surface area contributed by atoms with Gasteiger partial charge in [0.25, 0.3) is 0 Å². The topological polar surface area (TPSA) is 49.8 Å². The number of nitrogens with zero attached hydrogens (tertiary/aromatic N) is 1. The highest BCUT2D eigenvalue weighted by Gasteiger charge is 2.16. The Morgan fingerprint density at radius 3 is 2.24 bits per heavy atom. The van der Waals surface area contributed by atoms with E-state index in [4.69, 9.17) is 9.84 Å². The van der Waals surface area contributed by atoms with Gasteiger partial charge in [0.2, 0.25) is 0 Å². The van der Waals surface area contributed by atoms with E-state index in [0.29, 0.717) is 13.0 Å². The summed E-state index contributed by atoms with van der Waals surface area (Å²) in [5.41, 5.74) is 1.71. The van der Waals surface area contributed by atoms with Gasteiger partial charge in [0.15, 0.2) is 0 Å². The van der Waals surface area contributed by atoms with Gasteiger partial charge in [-0.15, -0.1) is 0 Å². The number of carbonyl (C=O) groups is 1. The monoisotopic (exact) mass is 285 g/mol. The molecule has 2 aromatic carbocycles. The number of para-hydroxylation sites is 1. The minimum absolute atomic E-state index is 0.0370. The molecule has 0 spiro atoms. The summed E-state index contributed by atoms with van der Waals surface area (Å²) >= 11 is 0. The minimum atomic E-state index is -0.404. The van der Waals surface area contributed by atoms with Gasteiger partial charge in [0, 0.05) is 18.8 Å². The predicted molar refractivity (Wildman–Crippen MR) is 82.1 cm³/mol. The van der Waals surface area contributed by atoms with Crippen molar-refractivity contribution in [1.82, 2.24) is 0 Å². The molecule has 2 aromatic rings. The summed E-state index contributed by atoms with van der Waals surface area (Å²) in [7, 11) is 0. The molecule has 0 saturated heterocycles. The highest BCUT2D eigenvalue weighted by Crippen LogP contribution is 2.15. The first-order valence-electron chi connectivity index (χ1n) is 6.95. The fourth-order valence-corrected chi connectivity index (χ4v) is 1.96. The van der Waals surface area contributed by atoms with Crippen molar-refractivity contribution < 1.29 is 14.6 Å². The van der Waals surface area contributed by atoms with E-state index in [9.17, 15) is 4.79 Å². The van der Waals surface area contributed by atoms with Crippen LogP contribution >= 0.6 is 0 Å². The van der Waals surface area contributed by atoms with Crippen LogP contribution in [0.15, 0.2) is 60.7 Å². The Kier molecular flexibility index (Phi) is 5.79. The third kappa shape index (κ3) is 4.61. The molecule has 0 radical (unpaired) electrons. The fraction of sp³-hybridized carbons (Fsp3) is 0.235. The second kappa shape index (κ2) is 8.07. The van der Waals surface area contributed by atoms with Crippen molar-refractivity contribution in [2.75, 3.05) is 18.1 Å². The molecule has 0 atom stereocenters. The number of ether oxygens (including phenoxy) is 1. The molecule has 1 amide bonds. The zero-order chi connectivity index (χ0) is 14.9. The lowest BCUT2D eigenvalue weighted by Gasteiger charge is -2.22. The zero-order valence-electron chi connectivity index (χ0n) is 11.8. The van der Waals surface area contributed by atoms with Gasteiger partial charge in [-0.3, -0.25) is 4.90 Å². The molecule has 1 N–H and O–H groups in total. The first-order chi connectivity index (χ1) is 10.3. The molecular formula is C17H19NO3. The van der Waals surface area contributed by atoms with E-state index in [2.05, 4.69) is 0 Å². The number of aliphatic hydroxyl groups excluding tert-OH is 1. The average Bonchev–Trinajstić information content (AvgIpc) is 2.55. The summed E-state index contributed by atoms with van der Waals surface area (Å²) in [5.74, 6) is 0. The van der Waals surface area contributed by atoms with Gasteiger partial charge in [0.05, 0.1) is 0 Å². The van der Waals surface area contributed by atoms with Gasteiger partial charge in [0.1, 0.15) is 6.61 Å². The van der Waals surface area contributed by atoms with E-state index >= 15 is 0 Å². The van der Waals surface area contributed by atoms with Gasteiger partial charge >= 0.3 is 6.09 Å². The lowest BCUT2D eigenvalue weighted by Crippen LogP contribution is -2.32. The quantitative estimate of drug-likeness (QED) is 0.886. The predicted octanol–water partition coefficient (Wildman–Crippen LogP) is 3.21. The van der Waals surface area contributed by atoms with Crippen LogP contribution in [0.5, 0.6) is 0 Å². The molecule has 0 saturated carbocycles. The van der Waals surface area contributed by atoms with E-state index in [-0.39, 0.29) is 13.2 Å². The number of aliphatic hydroxyl groups is 1. The molecular weight excluding hydrogens is 266 g/mol. The number of rotatable bonds is 6. The lowest BCUT2D eigenvalue weighted by molar-refractivity contribution is 0.146. The zero-order valence-corrected chi connectivity index (χ0v) is 11.8. The van der Waals surface area contributed by atoms with Crippen LogP contribution < -0.4 is 4.90 Å². The molecule has 21 heavy (non-hydrogen) atoms. The number of amides is 1. The van der Waals surface area contributed by atoms with E-state index in [1.807, 2.05) is 60.7 Å². The standard InChI is InChI=1S/C17H19NO3/c19-13-7-12-18(16-10-5-2-6-11-16)17(20)21-14-15-8-3-1-4-9-15/h1-6,8-11,19H,7,12-14H2. The fourth-order valence-electron chi connectivity index (χ4n) is 1.96. The van der Waals surface area contributed by atoms with Crippen molar-refractivity contribution >= 4 is 11.8 Å². The molecule has 4 heteroatoms. The van der Waals surface area contributed by atoms with Crippen LogP contribution in [-0.4, -0.2) is 24.4 Å². The summed E-state index contributed by atoms with van der Waals surface area (Å²) in [6.07, 6.45) is 0.105. The Morgan fingerprint density at radius 1 is 1.00 bits per heavy atom. The highest BCUT2D eigenvalue weighted by atomic mass is 16.6. The van der Waals surface area contributed by atoms with E-state index in [0.717, 1.165) is 11.3 Å². The second-order valence-corrected chi connectivity index (χ2v) is 4.60. The van der Waals surface area contributed by atoms with Gasteiger partial charge in [-0.25, -0.2) is 4.79 Å². The van der Waals surface area contributed by atoms with Gasteiger partial charge < -0.3 is 9.84 Å². The number of hydrogen-bond donors (Lipinski definition) is 1. The molecule has 0 aliphatic heterocycles. The van der Waals surface area contributed by atoms with Gasteiger partial charge in [-0.1, -0.05) is 48.5 Å². The van der Waals surface area contributed by atoms with Crippen LogP contribution in [0.4, 0.5) is 10.5 Å². The maximum Gasteiger partial charge on any atom is 0.414 e. The van der Waals surface area contributed by atoms with Crippen LogP contribution in [0.2, 0.25) is 0 Å². The van der Waals surface area contributed by atoms with Crippen molar-refractivity contribution in [3.05, 3.63) is 66.2 Å². The lowest BCUT2D eigenvalue weighted by atomic mass is 10.2. The summed E-state index contributed by atoms with van der Waals surface area (Å²) in [6.45, 7) is 0.700. The molecule has 2 rings (SSSR count). The highest BCUT2D eigenvalue weighted by molar-refractivity contribution is 5.87. The molecule has 110 valence electrons. The minimum Gasteiger partial charge on any atom is -0.444 e. The molecule has 0 fully saturated rings. The van der Waals surface area contributed by atoms with Crippen LogP contribution in [0, 0.1) is 0 Å². The summed E-state index contributed by atoms with van der Waals surface area (Å²) < 4.78 is 5.35. The molecule has 0 aromatic heterocycles. The first kappa shape index (κ1) is 15.1. The SMILES string of the molecule is O=C(OCc1ccccc1)N(CCCO)c1ccccc1. The molecule has 0 bridgehead atoms. The molecule has 0 aliphatic rings. The van der Waals surface area contributed by atoms with Crippen molar-refractivity contribution in [2.45, 2.75) is 13.0 Å². The van der Waals surface area contributed by atoms with Gasteiger partial charge in [-0.05, 0) is 24.1 Å². The number of benzene rings is 2. The summed E-state index contributed by atoms with van der Waals surface area (Å²) in [5, 5.41) is 8.97. The van der Waals surface area contributed by atoms with Crippen LogP contribution in [0.25, 0.3) is 0 Å². The maximum absolute atomic E-state index is 12.2. The number of hydrogen-bond acceptors (Lipinski definition) is 3.